The average Bonchev–Trinajstić information content (AvgIpc) is 3.22. The van der Waals surface area contributed by atoms with Crippen LogP contribution in [0.3, 0.4) is 0 Å². The van der Waals surface area contributed by atoms with Gasteiger partial charge in [0.2, 0.25) is 5.95 Å². The standard InChI is InChI=1S/C24H30N8O4/c1-14-20(35-17-8-3-5-15(11-17)22(33)34)10-9-18(28-14)21-19(32(2)31-30-21)12-25-23-26-13-27-24(29-23)36-16-6-4-7-16/h9-10,13,15-17H,3-8,11-12H2,1-2H3,(H,33,34)(H,25,26,27,29)/t15-,17-/m0/s1. The van der Waals surface area contributed by atoms with Crippen molar-refractivity contribution in [3.05, 3.63) is 29.8 Å². The fraction of sp³-hybridized carbons (Fsp3) is 0.542. The molecule has 12 nitrogen and oxygen atoms in total. The maximum atomic E-state index is 11.4. The second kappa shape index (κ2) is 10.4. The van der Waals surface area contributed by atoms with Gasteiger partial charge in [0.1, 0.15) is 23.9 Å². The van der Waals surface area contributed by atoms with Crippen molar-refractivity contribution in [1.82, 2.24) is 34.9 Å². The summed E-state index contributed by atoms with van der Waals surface area (Å²) in [6.07, 6.45) is 7.62. The molecule has 5 rings (SSSR count). The predicted octanol–water partition coefficient (Wildman–Crippen LogP) is 2.94. The Kier molecular flexibility index (Phi) is 6.92. The summed E-state index contributed by atoms with van der Waals surface area (Å²) >= 11 is 0. The molecule has 2 aliphatic carbocycles. The summed E-state index contributed by atoms with van der Waals surface area (Å²) in [5.41, 5.74) is 2.84. The van der Waals surface area contributed by atoms with Gasteiger partial charge in [-0.2, -0.15) is 9.97 Å². The minimum atomic E-state index is -0.753. The van der Waals surface area contributed by atoms with Crippen molar-refractivity contribution >= 4 is 11.9 Å². The SMILES string of the molecule is Cc1nc(-c2nnn(C)c2CNc2ncnc(OC3CCC3)n2)ccc1O[C@H]1CCC[C@H](C(=O)O)C1. The molecule has 2 N–H and O–H groups in total. The first-order valence-corrected chi connectivity index (χ1v) is 12.3. The van der Waals surface area contributed by atoms with Crippen LogP contribution in [0.4, 0.5) is 5.95 Å². The lowest BCUT2D eigenvalue weighted by Gasteiger charge is -2.27. The van der Waals surface area contributed by atoms with Crippen LogP contribution in [0.25, 0.3) is 11.4 Å². The van der Waals surface area contributed by atoms with E-state index in [1.807, 2.05) is 26.1 Å². The zero-order valence-electron chi connectivity index (χ0n) is 20.4. The molecule has 2 fully saturated rings. The number of ether oxygens (including phenoxy) is 2. The Bertz CT molecular complexity index is 1230. The van der Waals surface area contributed by atoms with Crippen molar-refractivity contribution in [3.63, 3.8) is 0 Å². The number of aryl methyl sites for hydroxylation is 2. The van der Waals surface area contributed by atoms with Gasteiger partial charge in [0.25, 0.3) is 0 Å². The van der Waals surface area contributed by atoms with E-state index in [9.17, 15) is 9.90 Å². The van der Waals surface area contributed by atoms with E-state index in [2.05, 4.69) is 30.6 Å². The summed E-state index contributed by atoms with van der Waals surface area (Å²) in [7, 11) is 1.82. The van der Waals surface area contributed by atoms with Crippen LogP contribution in [0.5, 0.6) is 11.8 Å². The zero-order valence-corrected chi connectivity index (χ0v) is 20.4. The third-order valence-electron chi connectivity index (χ3n) is 6.78. The van der Waals surface area contributed by atoms with Gasteiger partial charge in [-0.3, -0.25) is 4.79 Å². The molecule has 3 aromatic heterocycles. The Morgan fingerprint density at radius 1 is 1.11 bits per heavy atom. The summed E-state index contributed by atoms with van der Waals surface area (Å²) in [6, 6.07) is 4.03. The van der Waals surface area contributed by atoms with Crippen LogP contribution in [0.2, 0.25) is 0 Å². The molecule has 0 aromatic carbocycles. The summed E-state index contributed by atoms with van der Waals surface area (Å²) < 4.78 is 13.6. The number of hydrogen-bond acceptors (Lipinski definition) is 10. The van der Waals surface area contributed by atoms with E-state index in [0.717, 1.165) is 31.4 Å². The Labute approximate surface area is 208 Å². The van der Waals surface area contributed by atoms with E-state index in [0.29, 0.717) is 54.2 Å². The number of carboxylic acids is 1. The Hall–Kier alpha value is -3.83. The van der Waals surface area contributed by atoms with Gasteiger partial charge in [0.15, 0.2) is 0 Å². The molecule has 0 amide bonds. The molecular weight excluding hydrogens is 464 g/mol. The second-order valence-corrected chi connectivity index (χ2v) is 9.35. The van der Waals surface area contributed by atoms with Gasteiger partial charge < -0.3 is 19.9 Å². The van der Waals surface area contributed by atoms with Crippen LogP contribution >= 0.6 is 0 Å². The van der Waals surface area contributed by atoms with E-state index in [4.69, 9.17) is 14.5 Å². The van der Waals surface area contributed by atoms with Gasteiger partial charge in [-0.25, -0.2) is 14.6 Å². The quantitative estimate of drug-likeness (QED) is 0.452. The smallest absolute Gasteiger partial charge is 0.321 e. The Morgan fingerprint density at radius 2 is 1.92 bits per heavy atom. The number of aromatic nitrogens is 7. The molecular formula is C24H30N8O4. The number of carboxylic acid groups (broad SMARTS) is 1. The average molecular weight is 495 g/mol. The maximum Gasteiger partial charge on any atom is 0.321 e. The summed E-state index contributed by atoms with van der Waals surface area (Å²) in [4.78, 5) is 28.7. The van der Waals surface area contributed by atoms with E-state index in [-0.39, 0.29) is 18.1 Å². The molecule has 0 unspecified atom stereocenters. The minimum absolute atomic E-state index is 0.124. The van der Waals surface area contributed by atoms with Gasteiger partial charge in [-0.15, -0.1) is 5.10 Å². The summed E-state index contributed by atoms with van der Waals surface area (Å²) in [5.74, 6) is -0.0400. The number of nitrogens with zero attached hydrogens (tertiary/aromatic N) is 7. The van der Waals surface area contributed by atoms with Crippen molar-refractivity contribution in [1.29, 1.82) is 0 Å². The monoisotopic (exact) mass is 494 g/mol. The van der Waals surface area contributed by atoms with Crippen LogP contribution in [0, 0.1) is 12.8 Å². The lowest BCUT2D eigenvalue weighted by Crippen LogP contribution is -2.29. The normalized spacial score (nSPS) is 19.9. The highest BCUT2D eigenvalue weighted by Crippen LogP contribution is 2.30. The molecule has 3 aromatic rings. The molecule has 36 heavy (non-hydrogen) atoms. The number of anilines is 1. The van der Waals surface area contributed by atoms with Crippen molar-refractivity contribution in [2.24, 2.45) is 13.0 Å². The molecule has 0 bridgehead atoms. The van der Waals surface area contributed by atoms with E-state index < -0.39 is 5.97 Å². The fourth-order valence-electron chi connectivity index (χ4n) is 4.46. The fourth-order valence-corrected chi connectivity index (χ4v) is 4.46. The van der Waals surface area contributed by atoms with Crippen LogP contribution in [-0.2, 0) is 18.4 Å². The maximum absolute atomic E-state index is 11.4. The predicted molar refractivity (Wildman–Crippen MR) is 128 cm³/mol. The minimum Gasteiger partial charge on any atom is -0.489 e. The number of nitrogens with one attached hydrogen (secondary N) is 1. The molecule has 190 valence electrons. The number of carbonyl (C=O) groups is 1. The highest BCUT2D eigenvalue weighted by Gasteiger charge is 2.28. The molecule has 0 saturated heterocycles. The largest absolute Gasteiger partial charge is 0.489 e. The van der Waals surface area contributed by atoms with Crippen LogP contribution in [-0.4, -0.2) is 58.2 Å². The Balaban J connectivity index is 1.26. The molecule has 2 saturated carbocycles. The van der Waals surface area contributed by atoms with Crippen molar-refractivity contribution < 1.29 is 19.4 Å². The van der Waals surface area contributed by atoms with Gasteiger partial charge in [-0.05, 0) is 64.0 Å². The van der Waals surface area contributed by atoms with E-state index in [1.165, 1.54) is 12.7 Å². The van der Waals surface area contributed by atoms with Crippen LogP contribution in [0.15, 0.2) is 18.5 Å². The van der Waals surface area contributed by atoms with E-state index >= 15 is 0 Å². The lowest BCUT2D eigenvalue weighted by atomic mass is 9.87. The van der Waals surface area contributed by atoms with Gasteiger partial charge >= 0.3 is 12.0 Å². The number of aliphatic carboxylic acids is 1. The first-order chi connectivity index (χ1) is 17.5. The zero-order chi connectivity index (χ0) is 25.1. The van der Waals surface area contributed by atoms with E-state index in [1.54, 1.807) is 4.68 Å². The molecule has 0 radical (unpaired) electrons. The van der Waals surface area contributed by atoms with Crippen molar-refractivity contribution in [3.8, 4) is 23.1 Å². The first kappa shape index (κ1) is 23.9. The Morgan fingerprint density at radius 3 is 2.67 bits per heavy atom. The molecule has 2 atom stereocenters. The lowest BCUT2D eigenvalue weighted by molar-refractivity contribution is -0.143. The molecule has 0 aliphatic heterocycles. The number of pyridine rings is 1. The number of hydrogen-bond donors (Lipinski definition) is 2. The van der Waals surface area contributed by atoms with Crippen molar-refractivity contribution in [2.45, 2.75) is 70.6 Å². The summed E-state index contributed by atoms with van der Waals surface area (Å²) in [6.45, 7) is 2.25. The van der Waals surface area contributed by atoms with Crippen LogP contribution < -0.4 is 14.8 Å². The third-order valence-corrected chi connectivity index (χ3v) is 6.78. The highest BCUT2D eigenvalue weighted by atomic mass is 16.5. The first-order valence-electron chi connectivity index (χ1n) is 12.3. The van der Waals surface area contributed by atoms with Gasteiger partial charge in [0, 0.05) is 7.05 Å². The highest BCUT2D eigenvalue weighted by molar-refractivity contribution is 5.70. The molecule has 2 aliphatic rings. The molecule has 3 heterocycles. The van der Waals surface area contributed by atoms with Gasteiger partial charge in [0.05, 0.1) is 35.6 Å². The topological polar surface area (TPSA) is 150 Å². The molecule has 0 spiro atoms. The molecule has 12 heteroatoms. The number of rotatable bonds is 9. The summed E-state index contributed by atoms with van der Waals surface area (Å²) in [5, 5.41) is 21.0. The van der Waals surface area contributed by atoms with Crippen molar-refractivity contribution in [2.75, 3.05) is 5.32 Å². The third kappa shape index (κ3) is 5.37. The van der Waals surface area contributed by atoms with Crippen LogP contribution in [0.1, 0.15) is 56.3 Å². The second-order valence-electron chi connectivity index (χ2n) is 9.35. The van der Waals surface area contributed by atoms with Gasteiger partial charge in [-0.1, -0.05) is 5.21 Å².